The Bertz CT molecular complexity index is 571. The van der Waals surface area contributed by atoms with Crippen molar-refractivity contribution in [3.05, 3.63) is 35.8 Å². The molecule has 4 heteroatoms. The second-order valence-corrected chi connectivity index (χ2v) is 4.68. The molecule has 0 saturated carbocycles. The fraction of sp³-hybridized carbons (Fsp3) is 0.357. The zero-order chi connectivity index (χ0) is 12.5. The Morgan fingerprint density at radius 3 is 2.78 bits per heavy atom. The molecule has 3 nitrogen and oxygen atoms in total. The van der Waals surface area contributed by atoms with Crippen LogP contribution in [0.5, 0.6) is 0 Å². The quantitative estimate of drug-likeness (QED) is 0.834. The van der Waals surface area contributed by atoms with E-state index in [2.05, 4.69) is 21.3 Å². The number of benzene rings is 1. The highest BCUT2D eigenvalue weighted by Gasteiger charge is 2.14. The van der Waals surface area contributed by atoms with Crippen LogP contribution >= 0.6 is 0 Å². The maximum absolute atomic E-state index is 13.3. The lowest BCUT2D eigenvalue weighted by Crippen LogP contribution is -2.43. The maximum Gasteiger partial charge on any atom is 0.125 e. The van der Waals surface area contributed by atoms with Crippen molar-refractivity contribution in [3.8, 4) is 0 Å². The molecule has 2 heterocycles. The Morgan fingerprint density at radius 2 is 2.00 bits per heavy atom. The summed E-state index contributed by atoms with van der Waals surface area (Å²) in [6.07, 6.45) is 0. The van der Waals surface area contributed by atoms with E-state index in [0.717, 1.165) is 42.8 Å². The third-order valence-corrected chi connectivity index (χ3v) is 3.34. The molecule has 1 saturated heterocycles. The molecule has 0 atom stereocenters. The summed E-state index contributed by atoms with van der Waals surface area (Å²) in [7, 11) is 0. The molecule has 3 rings (SSSR count). The molecule has 1 aliphatic heterocycles. The molecule has 1 N–H and O–H groups in total. The zero-order valence-electron chi connectivity index (χ0n) is 10.4. The number of anilines is 1. The Hall–Kier alpha value is -1.68. The van der Waals surface area contributed by atoms with Crippen molar-refractivity contribution in [3.63, 3.8) is 0 Å². The smallest absolute Gasteiger partial charge is 0.125 e. The largest absolute Gasteiger partial charge is 0.368 e. The van der Waals surface area contributed by atoms with Gasteiger partial charge in [0.15, 0.2) is 0 Å². The third kappa shape index (κ3) is 2.04. The minimum Gasteiger partial charge on any atom is -0.368 e. The number of hydrogen-bond donors (Lipinski definition) is 1. The Kier molecular flexibility index (Phi) is 2.88. The first-order chi connectivity index (χ1) is 8.74. The molecule has 0 bridgehead atoms. The molecule has 2 aromatic rings. The minimum atomic E-state index is -0.230. The summed E-state index contributed by atoms with van der Waals surface area (Å²) in [5.41, 5.74) is 2.84. The van der Waals surface area contributed by atoms with E-state index in [1.165, 1.54) is 17.8 Å². The van der Waals surface area contributed by atoms with Crippen molar-refractivity contribution in [2.45, 2.75) is 6.92 Å². The maximum atomic E-state index is 13.3. The van der Waals surface area contributed by atoms with E-state index in [0.29, 0.717) is 0 Å². The van der Waals surface area contributed by atoms with Crippen LogP contribution in [0.3, 0.4) is 0 Å². The van der Waals surface area contributed by atoms with Gasteiger partial charge in [-0.15, -0.1) is 0 Å². The summed E-state index contributed by atoms with van der Waals surface area (Å²) in [5.74, 6) is -0.230. The Balaban J connectivity index is 2.14. The fourth-order valence-corrected chi connectivity index (χ4v) is 2.48. The van der Waals surface area contributed by atoms with Crippen LogP contribution in [0.4, 0.5) is 10.1 Å². The van der Waals surface area contributed by atoms with Gasteiger partial charge in [0.05, 0.1) is 5.52 Å². The molecular formula is C14H16FN3. The van der Waals surface area contributed by atoms with Crippen molar-refractivity contribution in [2.75, 3.05) is 31.1 Å². The lowest BCUT2D eigenvalue weighted by Gasteiger charge is -2.30. The Morgan fingerprint density at radius 1 is 1.22 bits per heavy atom. The summed E-state index contributed by atoms with van der Waals surface area (Å²) in [6, 6.07) is 6.93. The summed E-state index contributed by atoms with van der Waals surface area (Å²) < 4.78 is 13.3. The number of nitrogens with one attached hydrogen (secondary N) is 1. The van der Waals surface area contributed by atoms with Gasteiger partial charge in [-0.1, -0.05) is 0 Å². The van der Waals surface area contributed by atoms with Crippen LogP contribution in [0.1, 0.15) is 5.69 Å². The first-order valence-corrected chi connectivity index (χ1v) is 6.26. The van der Waals surface area contributed by atoms with Crippen molar-refractivity contribution < 1.29 is 4.39 Å². The predicted octanol–water partition coefficient (Wildman–Crippen LogP) is 2.09. The number of fused-ring (bicyclic) bond motifs is 1. The highest BCUT2D eigenvalue weighted by atomic mass is 19.1. The third-order valence-electron chi connectivity index (χ3n) is 3.34. The van der Waals surface area contributed by atoms with Crippen LogP contribution in [0.25, 0.3) is 10.9 Å². The van der Waals surface area contributed by atoms with E-state index < -0.39 is 0 Å². The molecule has 0 spiro atoms. The van der Waals surface area contributed by atoms with Gasteiger partial charge in [0.25, 0.3) is 0 Å². The molecule has 94 valence electrons. The second kappa shape index (κ2) is 4.53. The molecule has 0 radical (unpaired) electrons. The number of hydrogen-bond acceptors (Lipinski definition) is 3. The normalized spacial score (nSPS) is 16.2. The summed E-state index contributed by atoms with van der Waals surface area (Å²) in [4.78, 5) is 6.75. The highest BCUT2D eigenvalue weighted by molar-refractivity contribution is 5.92. The molecule has 1 aromatic carbocycles. The van der Waals surface area contributed by atoms with E-state index >= 15 is 0 Å². The monoisotopic (exact) mass is 245 g/mol. The van der Waals surface area contributed by atoms with Crippen LogP contribution in [-0.2, 0) is 0 Å². The lowest BCUT2D eigenvalue weighted by atomic mass is 10.1. The van der Waals surface area contributed by atoms with Gasteiger partial charge in [-0.2, -0.15) is 0 Å². The molecule has 1 aliphatic rings. The van der Waals surface area contributed by atoms with Gasteiger partial charge in [-0.3, -0.25) is 4.98 Å². The first kappa shape index (κ1) is 11.4. The summed E-state index contributed by atoms with van der Waals surface area (Å²) >= 11 is 0. The number of piperazine rings is 1. The minimum absolute atomic E-state index is 0.230. The van der Waals surface area contributed by atoms with Crippen LogP contribution in [-0.4, -0.2) is 31.2 Å². The molecule has 1 fully saturated rings. The number of rotatable bonds is 1. The number of aryl methyl sites for hydroxylation is 1. The van der Waals surface area contributed by atoms with Crippen LogP contribution in [0.2, 0.25) is 0 Å². The molecule has 0 aliphatic carbocycles. The van der Waals surface area contributed by atoms with Gasteiger partial charge >= 0.3 is 0 Å². The topological polar surface area (TPSA) is 28.2 Å². The van der Waals surface area contributed by atoms with E-state index in [9.17, 15) is 4.39 Å². The van der Waals surface area contributed by atoms with Gasteiger partial charge in [-0.25, -0.2) is 4.39 Å². The fourth-order valence-electron chi connectivity index (χ4n) is 2.48. The van der Waals surface area contributed by atoms with Crippen LogP contribution in [0.15, 0.2) is 24.3 Å². The second-order valence-electron chi connectivity index (χ2n) is 4.68. The van der Waals surface area contributed by atoms with Crippen molar-refractivity contribution in [1.82, 2.24) is 10.3 Å². The van der Waals surface area contributed by atoms with E-state index in [-0.39, 0.29) is 5.82 Å². The number of nitrogens with zero attached hydrogens (tertiary/aromatic N) is 2. The van der Waals surface area contributed by atoms with E-state index in [1.807, 2.05) is 13.0 Å². The predicted molar refractivity (Wildman–Crippen MR) is 71.5 cm³/mol. The van der Waals surface area contributed by atoms with Gasteiger partial charge in [0, 0.05) is 49.0 Å². The SMILES string of the molecule is Cc1cc(N2CCNCC2)c2ccc(F)cc2n1. The number of halogens is 1. The standard InChI is InChI=1S/C14H16FN3/c1-10-8-14(18-6-4-16-5-7-18)12-3-2-11(15)9-13(12)17-10/h2-3,8-9,16H,4-7H2,1H3. The van der Waals surface area contributed by atoms with E-state index in [1.54, 1.807) is 0 Å². The molecular weight excluding hydrogens is 229 g/mol. The zero-order valence-corrected chi connectivity index (χ0v) is 10.4. The van der Waals surface area contributed by atoms with E-state index in [4.69, 9.17) is 0 Å². The van der Waals surface area contributed by atoms with Crippen molar-refractivity contribution >= 4 is 16.6 Å². The van der Waals surface area contributed by atoms with Gasteiger partial charge in [0.2, 0.25) is 0 Å². The summed E-state index contributed by atoms with van der Waals surface area (Å²) in [5, 5.41) is 4.37. The lowest BCUT2D eigenvalue weighted by molar-refractivity contribution is 0.590. The van der Waals surface area contributed by atoms with Crippen LogP contribution < -0.4 is 10.2 Å². The van der Waals surface area contributed by atoms with Crippen molar-refractivity contribution in [1.29, 1.82) is 0 Å². The van der Waals surface area contributed by atoms with Gasteiger partial charge in [0.1, 0.15) is 5.82 Å². The van der Waals surface area contributed by atoms with Gasteiger partial charge < -0.3 is 10.2 Å². The molecule has 1 aromatic heterocycles. The van der Waals surface area contributed by atoms with Crippen LogP contribution in [0, 0.1) is 12.7 Å². The highest BCUT2D eigenvalue weighted by Crippen LogP contribution is 2.27. The first-order valence-electron chi connectivity index (χ1n) is 6.26. The number of pyridine rings is 1. The average Bonchev–Trinajstić information content (AvgIpc) is 2.38. The van der Waals surface area contributed by atoms with Crippen molar-refractivity contribution in [2.24, 2.45) is 0 Å². The molecule has 0 unspecified atom stereocenters. The Labute approximate surface area is 106 Å². The molecule has 0 amide bonds. The summed E-state index contributed by atoms with van der Waals surface area (Å²) in [6.45, 7) is 5.90. The number of aromatic nitrogens is 1. The van der Waals surface area contributed by atoms with Gasteiger partial charge in [-0.05, 0) is 25.1 Å². The average molecular weight is 245 g/mol. The molecule has 18 heavy (non-hydrogen) atoms.